The van der Waals surface area contributed by atoms with Gasteiger partial charge in [-0.15, -0.1) is 10.2 Å². The van der Waals surface area contributed by atoms with Crippen LogP contribution in [0.25, 0.3) is 6.08 Å². The maximum absolute atomic E-state index is 9.86. The van der Waals surface area contributed by atoms with Gasteiger partial charge in [-0.25, -0.2) is 0 Å². The quantitative estimate of drug-likeness (QED) is 0.645. The topological polar surface area (TPSA) is 99.7 Å². The van der Waals surface area contributed by atoms with Crippen molar-refractivity contribution in [1.29, 1.82) is 0 Å². The Morgan fingerprint density at radius 1 is 1.22 bits per heavy atom. The molecular weight excluding hydrogens is 294 g/mol. The highest BCUT2D eigenvalue weighted by Gasteiger charge is 2.08. The molecule has 0 spiro atoms. The van der Waals surface area contributed by atoms with Gasteiger partial charge in [0.2, 0.25) is 5.82 Å². The van der Waals surface area contributed by atoms with Gasteiger partial charge >= 0.3 is 0 Å². The molecule has 0 saturated carbocycles. The van der Waals surface area contributed by atoms with Crippen molar-refractivity contribution in [2.45, 2.75) is 12.5 Å². The fourth-order valence-electron chi connectivity index (χ4n) is 2.20. The molecule has 3 N–H and O–H groups in total. The van der Waals surface area contributed by atoms with Crippen molar-refractivity contribution in [3.8, 4) is 5.75 Å². The molecule has 7 nitrogen and oxygen atoms in total. The van der Waals surface area contributed by atoms with E-state index >= 15 is 0 Å². The molecule has 1 unspecified atom stereocenters. The first-order valence-electron chi connectivity index (χ1n) is 7.15. The molecule has 7 heteroatoms. The van der Waals surface area contributed by atoms with Crippen LogP contribution in [0.15, 0.2) is 42.5 Å². The standard InChI is InChI=1S/C16H17N5O2/c1-23-14-7-2-11(3-8-14)10-13-5-4-12(17-13)6-9-15(22)16-18-20-21-19-16/h2-9,15,17,22H,10H2,1H3,(H,18,19,20,21). The Hall–Kier alpha value is -2.93. The molecule has 3 rings (SSSR count). The molecule has 2 aromatic heterocycles. The summed E-state index contributed by atoms with van der Waals surface area (Å²) in [5.74, 6) is 1.09. The molecule has 118 valence electrons. The Balaban J connectivity index is 1.63. The normalized spacial score (nSPS) is 12.6. The molecule has 1 atom stereocenters. The summed E-state index contributed by atoms with van der Waals surface area (Å²) < 4.78 is 5.15. The maximum atomic E-state index is 9.86. The van der Waals surface area contributed by atoms with Crippen LogP contribution in [0.5, 0.6) is 5.75 Å². The van der Waals surface area contributed by atoms with Crippen LogP contribution in [-0.4, -0.2) is 37.8 Å². The third kappa shape index (κ3) is 3.83. The van der Waals surface area contributed by atoms with E-state index in [0.29, 0.717) is 0 Å². The van der Waals surface area contributed by atoms with Gasteiger partial charge in [-0.1, -0.05) is 17.3 Å². The van der Waals surface area contributed by atoms with Crippen molar-refractivity contribution in [3.05, 3.63) is 65.2 Å². The van der Waals surface area contributed by atoms with E-state index in [1.165, 1.54) is 5.56 Å². The third-order valence-corrected chi connectivity index (χ3v) is 3.41. The molecule has 0 bridgehead atoms. The van der Waals surface area contributed by atoms with E-state index in [1.807, 2.05) is 36.4 Å². The Morgan fingerprint density at radius 3 is 2.74 bits per heavy atom. The molecular formula is C16H17N5O2. The number of hydrogen-bond acceptors (Lipinski definition) is 5. The van der Waals surface area contributed by atoms with Crippen LogP contribution in [-0.2, 0) is 6.42 Å². The summed E-state index contributed by atoms with van der Waals surface area (Å²) in [4.78, 5) is 3.30. The summed E-state index contributed by atoms with van der Waals surface area (Å²) in [5.41, 5.74) is 3.18. The largest absolute Gasteiger partial charge is 0.497 e. The van der Waals surface area contributed by atoms with Crippen LogP contribution in [0.2, 0.25) is 0 Å². The number of aromatic amines is 2. The molecule has 2 heterocycles. The maximum Gasteiger partial charge on any atom is 0.206 e. The van der Waals surface area contributed by atoms with Crippen LogP contribution >= 0.6 is 0 Å². The third-order valence-electron chi connectivity index (χ3n) is 3.41. The summed E-state index contributed by atoms with van der Waals surface area (Å²) in [6, 6.07) is 11.9. The summed E-state index contributed by atoms with van der Waals surface area (Å²) >= 11 is 0. The van der Waals surface area contributed by atoms with E-state index < -0.39 is 6.10 Å². The van der Waals surface area contributed by atoms with Crippen LogP contribution in [0.3, 0.4) is 0 Å². The lowest BCUT2D eigenvalue weighted by molar-refractivity contribution is 0.219. The summed E-state index contributed by atoms with van der Waals surface area (Å²) in [6.45, 7) is 0. The van der Waals surface area contributed by atoms with Crippen LogP contribution in [0.1, 0.15) is 28.9 Å². The minimum atomic E-state index is -0.887. The second-order valence-corrected chi connectivity index (χ2v) is 5.04. The van der Waals surface area contributed by atoms with Crippen molar-refractivity contribution in [3.63, 3.8) is 0 Å². The molecule has 0 aliphatic carbocycles. The number of aliphatic hydroxyl groups is 1. The fourth-order valence-corrected chi connectivity index (χ4v) is 2.20. The molecule has 0 amide bonds. The SMILES string of the molecule is COc1ccc(Cc2ccc(C=CC(O)c3nn[nH]n3)[nH]2)cc1. The van der Waals surface area contributed by atoms with Crippen molar-refractivity contribution >= 4 is 6.08 Å². The predicted octanol–water partition coefficient (Wildman–Crippen LogP) is 1.87. The number of nitrogens with one attached hydrogen (secondary N) is 2. The minimum absolute atomic E-state index is 0.242. The van der Waals surface area contributed by atoms with Crippen molar-refractivity contribution < 1.29 is 9.84 Å². The zero-order valence-corrected chi connectivity index (χ0v) is 12.6. The smallest absolute Gasteiger partial charge is 0.206 e. The Labute approximate surface area is 133 Å². The van der Waals surface area contributed by atoms with Gasteiger partial charge in [-0.05, 0) is 42.0 Å². The zero-order valence-electron chi connectivity index (χ0n) is 12.6. The van der Waals surface area contributed by atoms with Crippen molar-refractivity contribution in [1.82, 2.24) is 25.6 Å². The van der Waals surface area contributed by atoms with Crippen molar-refractivity contribution in [2.75, 3.05) is 7.11 Å². The number of aromatic nitrogens is 5. The number of ether oxygens (including phenoxy) is 1. The van der Waals surface area contributed by atoms with E-state index in [2.05, 4.69) is 25.6 Å². The fraction of sp³-hybridized carbons (Fsp3) is 0.188. The van der Waals surface area contributed by atoms with Gasteiger partial charge in [0, 0.05) is 17.8 Å². The lowest BCUT2D eigenvalue weighted by Gasteiger charge is -2.02. The number of rotatable bonds is 6. The lowest BCUT2D eigenvalue weighted by Crippen LogP contribution is -1.95. The van der Waals surface area contributed by atoms with Crippen LogP contribution in [0.4, 0.5) is 0 Å². The van der Waals surface area contributed by atoms with Gasteiger partial charge in [0.25, 0.3) is 0 Å². The number of methoxy groups -OCH3 is 1. The summed E-state index contributed by atoms with van der Waals surface area (Å²) in [7, 11) is 1.65. The highest BCUT2D eigenvalue weighted by atomic mass is 16.5. The van der Waals surface area contributed by atoms with Gasteiger partial charge in [0.05, 0.1) is 7.11 Å². The van der Waals surface area contributed by atoms with E-state index in [0.717, 1.165) is 23.6 Å². The monoisotopic (exact) mass is 311 g/mol. The number of benzene rings is 1. The average molecular weight is 311 g/mol. The zero-order chi connectivity index (χ0) is 16.1. The first-order valence-corrected chi connectivity index (χ1v) is 7.15. The highest BCUT2D eigenvalue weighted by Crippen LogP contribution is 2.16. The van der Waals surface area contributed by atoms with E-state index in [4.69, 9.17) is 4.74 Å². The summed E-state index contributed by atoms with van der Waals surface area (Å²) in [5, 5.41) is 23.1. The van der Waals surface area contributed by atoms with Crippen LogP contribution < -0.4 is 4.74 Å². The molecule has 1 aromatic carbocycles. The molecule has 0 fully saturated rings. The Kier molecular flexibility index (Phi) is 4.49. The van der Waals surface area contributed by atoms with Crippen molar-refractivity contribution in [2.24, 2.45) is 0 Å². The number of hydrogen-bond donors (Lipinski definition) is 3. The second-order valence-electron chi connectivity index (χ2n) is 5.04. The first-order chi connectivity index (χ1) is 11.2. The van der Waals surface area contributed by atoms with Gasteiger partial charge < -0.3 is 14.8 Å². The number of aliphatic hydroxyl groups excluding tert-OH is 1. The molecule has 0 saturated heterocycles. The average Bonchev–Trinajstić information content (AvgIpc) is 3.25. The molecule has 23 heavy (non-hydrogen) atoms. The van der Waals surface area contributed by atoms with Crippen LogP contribution in [0, 0.1) is 0 Å². The predicted molar refractivity (Wildman–Crippen MR) is 84.8 cm³/mol. The molecule has 3 aromatic rings. The number of tetrazole rings is 1. The number of H-pyrrole nitrogens is 2. The van der Waals surface area contributed by atoms with E-state index in [1.54, 1.807) is 19.3 Å². The van der Waals surface area contributed by atoms with Gasteiger partial charge in [-0.2, -0.15) is 5.21 Å². The molecule has 0 radical (unpaired) electrons. The van der Waals surface area contributed by atoms with E-state index in [-0.39, 0.29) is 5.82 Å². The van der Waals surface area contributed by atoms with Gasteiger partial charge in [-0.3, -0.25) is 0 Å². The minimum Gasteiger partial charge on any atom is -0.497 e. The Morgan fingerprint density at radius 2 is 2.04 bits per heavy atom. The Bertz CT molecular complexity index is 762. The van der Waals surface area contributed by atoms with Gasteiger partial charge in [0.15, 0.2) is 0 Å². The first kappa shape index (κ1) is 15.0. The summed E-state index contributed by atoms with van der Waals surface area (Å²) in [6.07, 6.45) is 3.31. The lowest BCUT2D eigenvalue weighted by atomic mass is 10.1. The van der Waals surface area contributed by atoms with E-state index in [9.17, 15) is 5.11 Å². The van der Waals surface area contributed by atoms with Gasteiger partial charge in [0.1, 0.15) is 11.9 Å². The molecule has 0 aliphatic heterocycles. The highest BCUT2D eigenvalue weighted by molar-refractivity contribution is 5.47. The molecule has 0 aliphatic rings. The number of nitrogens with zero attached hydrogens (tertiary/aromatic N) is 3. The second kappa shape index (κ2) is 6.89.